The molecule has 268 valence electrons. The third kappa shape index (κ3) is 13.7. The molecule has 2 aromatic rings. The van der Waals surface area contributed by atoms with Crippen LogP contribution in [0.2, 0.25) is 0 Å². The maximum atomic E-state index is 14.8. The molecule has 0 spiro atoms. The van der Waals surface area contributed by atoms with E-state index in [1.54, 1.807) is 6.07 Å². The average molecular weight is 690 g/mol. The highest BCUT2D eigenvalue weighted by Gasteiger charge is 2.27. The summed E-state index contributed by atoms with van der Waals surface area (Å²) < 4.78 is 39.7. The van der Waals surface area contributed by atoms with Gasteiger partial charge in [0.05, 0.1) is 5.69 Å². The van der Waals surface area contributed by atoms with E-state index in [4.69, 9.17) is 5.73 Å². The van der Waals surface area contributed by atoms with Gasteiger partial charge in [0.2, 0.25) is 0 Å². The van der Waals surface area contributed by atoms with Gasteiger partial charge in [0.1, 0.15) is 30.3 Å². The van der Waals surface area contributed by atoms with E-state index in [9.17, 15) is 13.2 Å². The number of aromatic nitrogens is 1. The predicted octanol–water partition coefficient (Wildman–Crippen LogP) is 9.14. The maximum absolute atomic E-state index is 14.8. The lowest BCUT2D eigenvalue weighted by atomic mass is 9.75. The van der Waals surface area contributed by atoms with Crippen LogP contribution in [-0.2, 0) is 6.42 Å². The Kier molecular flexibility index (Phi) is 21.4. The van der Waals surface area contributed by atoms with Crippen LogP contribution in [0.3, 0.4) is 0 Å². The highest BCUT2D eigenvalue weighted by Crippen LogP contribution is 2.36. The fourth-order valence-electron chi connectivity index (χ4n) is 5.77. The quantitative estimate of drug-likeness (QED) is 0.118. The molecule has 2 atom stereocenters. The first kappa shape index (κ1) is 42.8. The van der Waals surface area contributed by atoms with Crippen LogP contribution in [-0.4, -0.2) is 56.7 Å². The van der Waals surface area contributed by atoms with Gasteiger partial charge in [0, 0.05) is 31.0 Å². The van der Waals surface area contributed by atoms with E-state index in [2.05, 4.69) is 73.2 Å². The fraction of sp³-hybridized carbons (Fsp3) is 0.541. The Morgan fingerprint density at radius 3 is 2.27 bits per heavy atom. The SMILES string of the molecule is C=C.C=Nc1c(F)cc(C(=N/CNc2ccc(CC(C)CC)cn2)/C(F)=C\N)cc1N1CCCC1.CCC1(CC)CCNCC1.FCP. The number of anilines is 2. The molecule has 1 aromatic heterocycles. The number of halogens is 3. The molecule has 7 nitrogen and oxygen atoms in total. The number of rotatable bonds is 12. The third-order valence-electron chi connectivity index (χ3n) is 9.06. The highest BCUT2D eigenvalue weighted by molar-refractivity contribution is 7.16. The summed E-state index contributed by atoms with van der Waals surface area (Å²) in [6.07, 6.45) is 11.9. The smallest absolute Gasteiger partial charge is 0.164 e. The summed E-state index contributed by atoms with van der Waals surface area (Å²) in [5.41, 5.74) is 8.30. The van der Waals surface area contributed by atoms with Crippen LogP contribution >= 0.6 is 9.24 Å². The molecule has 4 N–H and O–H groups in total. The van der Waals surface area contributed by atoms with E-state index in [0.29, 0.717) is 28.4 Å². The van der Waals surface area contributed by atoms with E-state index in [1.165, 1.54) is 44.8 Å². The van der Waals surface area contributed by atoms with E-state index in [-0.39, 0.29) is 24.5 Å². The molecule has 2 unspecified atom stereocenters. The number of nitrogens with one attached hydrogen (secondary N) is 2. The van der Waals surface area contributed by atoms with Crippen molar-refractivity contribution in [3.63, 3.8) is 0 Å². The topological polar surface area (TPSA) is 90.9 Å². The van der Waals surface area contributed by atoms with Gasteiger partial charge in [-0.3, -0.25) is 9.98 Å². The third-order valence-corrected chi connectivity index (χ3v) is 9.06. The molecule has 11 heteroatoms. The maximum Gasteiger partial charge on any atom is 0.164 e. The number of pyridine rings is 1. The van der Waals surface area contributed by atoms with Gasteiger partial charge in [-0.2, -0.15) is 0 Å². The van der Waals surface area contributed by atoms with Crippen molar-refractivity contribution in [3.8, 4) is 0 Å². The number of nitrogens with zero attached hydrogens (tertiary/aromatic N) is 4. The largest absolute Gasteiger partial charge is 0.402 e. The summed E-state index contributed by atoms with van der Waals surface area (Å²) >= 11 is 0. The van der Waals surface area contributed by atoms with Gasteiger partial charge in [-0.25, -0.2) is 18.2 Å². The molecule has 0 radical (unpaired) electrons. The zero-order valence-electron chi connectivity index (χ0n) is 29.6. The number of aliphatic imine (C=N–C) groups is 2. The first-order valence-electron chi connectivity index (χ1n) is 17.0. The molecule has 1 aromatic carbocycles. The summed E-state index contributed by atoms with van der Waals surface area (Å²) in [5, 5.41) is 6.47. The molecule has 4 rings (SSSR count). The first-order chi connectivity index (χ1) is 23.2. The molecule has 2 fully saturated rings. The van der Waals surface area contributed by atoms with Gasteiger partial charge in [-0.15, -0.1) is 22.4 Å². The summed E-state index contributed by atoms with van der Waals surface area (Å²) in [4.78, 5) is 14.6. The molecule has 0 aliphatic carbocycles. The van der Waals surface area contributed by atoms with E-state index in [1.807, 2.05) is 32.5 Å². The first-order valence-corrected chi connectivity index (χ1v) is 17.9. The Balaban J connectivity index is 0.000000639. The fourth-order valence-corrected chi connectivity index (χ4v) is 5.77. The van der Waals surface area contributed by atoms with Crippen molar-refractivity contribution >= 4 is 38.9 Å². The molecule has 2 aliphatic rings. The zero-order chi connectivity index (χ0) is 36.0. The van der Waals surface area contributed by atoms with E-state index >= 15 is 0 Å². The van der Waals surface area contributed by atoms with Crippen LogP contribution in [0, 0.1) is 17.2 Å². The Hall–Kier alpha value is -3.23. The van der Waals surface area contributed by atoms with Crippen LogP contribution in [0.4, 0.5) is 30.4 Å². The summed E-state index contributed by atoms with van der Waals surface area (Å²) in [6, 6.07) is 6.80. The van der Waals surface area contributed by atoms with Gasteiger partial charge in [0.15, 0.2) is 11.6 Å². The Labute approximate surface area is 290 Å². The molecule has 2 saturated heterocycles. The van der Waals surface area contributed by atoms with Gasteiger partial charge in [-0.1, -0.05) is 53.0 Å². The predicted molar refractivity (Wildman–Crippen MR) is 205 cm³/mol. The molecule has 3 heterocycles. The second kappa shape index (κ2) is 24.0. The highest BCUT2D eigenvalue weighted by atomic mass is 31.0. The van der Waals surface area contributed by atoms with Crippen LogP contribution in [0.5, 0.6) is 0 Å². The number of hydrogen-bond acceptors (Lipinski definition) is 7. The molecular formula is C37H59F3N7P. The van der Waals surface area contributed by atoms with Gasteiger partial charge >= 0.3 is 0 Å². The van der Waals surface area contributed by atoms with Crippen molar-refractivity contribution in [1.82, 2.24) is 10.3 Å². The monoisotopic (exact) mass is 689 g/mol. The minimum Gasteiger partial charge on any atom is -0.402 e. The Morgan fingerprint density at radius 1 is 1.17 bits per heavy atom. The molecule has 0 amide bonds. The molecule has 0 bridgehead atoms. The molecule has 0 saturated carbocycles. The van der Waals surface area contributed by atoms with Gasteiger partial charge in [0.25, 0.3) is 0 Å². The van der Waals surface area contributed by atoms with Crippen molar-refractivity contribution < 1.29 is 13.2 Å². The number of alkyl halides is 1. The van der Waals surface area contributed by atoms with Crippen LogP contribution < -0.4 is 21.3 Å². The number of benzene rings is 1. The summed E-state index contributed by atoms with van der Waals surface area (Å²) in [6.45, 7) is 22.6. The van der Waals surface area contributed by atoms with Crippen molar-refractivity contribution in [2.45, 2.75) is 79.1 Å². The molecule has 48 heavy (non-hydrogen) atoms. The second-order valence-corrected chi connectivity index (χ2v) is 12.2. The minimum absolute atomic E-state index is 0.0339. The number of allylic oxidation sites excluding steroid dienone is 1. The lowest BCUT2D eigenvalue weighted by molar-refractivity contribution is 0.185. The van der Waals surface area contributed by atoms with E-state index in [0.717, 1.165) is 50.5 Å². The van der Waals surface area contributed by atoms with Crippen molar-refractivity contribution in [3.05, 3.63) is 72.6 Å². The molecular weight excluding hydrogens is 630 g/mol. The Morgan fingerprint density at radius 2 is 1.79 bits per heavy atom. The number of nitrogens with two attached hydrogens (primary N) is 1. The number of hydrogen-bond donors (Lipinski definition) is 3. The summed E-state index contributed by atoms with van der Waals surface area (Å²) in [5.74, 6) is -0.0937. The van der Waals surface area contributed by atoms with Crippen LogP contribution in [0.25, 0.3) is 0 Å². The summed E-state index contributed by atoms with van der Waals surface area (Å²) in [7, 11) is 1.91. The average Bonchev–Trinajstić information content (AvgIpc) is 3.67. The van der Waals surface area contributed by atoms with Crippen molar-refractivity contribution in [1.29, 1.82) is 0 Å². The van der Waals surface area contributed by atoms with E-state index < -0.39 is 11.6 Å². The van der Waals surface area contributed by atoms with Crippen LogP contribution in [0.15, 0.2) is 65.6 Å². The Bertz CT molecular complexity index is 1250. The van der Waals surface area contributed by atoms with Gasteiger partial charge in [-0.05, 0) is 87.0 Å². The normalized spacial score (nSPS) is 16.3. The minimum atomic E-state index is -0.736. The lowest BCUT2D eigenvalue weighted by Crippen LogP contribution is -2.35. The zero-order valence-corrected chi connectivity index (χ0v) is 30.8. The second-order valence-electron chi connectivity index (χ2n) is 11.9. The standard InChI is InChI=1S/C25H32F2N6.C9H19N.C2H4.CH4FP/c1-4-17(2)11-18-7-8-23(30-15-18)31-16-32-24(21(27)14-28)19-12-20(26)25(29-3)22(13-19)33-9-5-6-10-33;1-3-9(4-2)5-7-10-8-6-9;1-2;2-1-3/h7-8,12-15,17H,3-6,9-11,16,28H2,1-2H3,(H,30,31);10H,3-8H2,1-2H3;1-2H2;1,3H2/b21-14+,32-24-;;;. The lowest BCUT2D eigenvalue weighted by Gasteiger charge is -2.35. The number of piperidine rings is 1. The van der Waals surface area contributed by atoms with Crippen molar-refractivity contribution in [2.75, 3.05) is 49.5 Å². The van der Waals surface area contributed by atoms with Crippen LogP contribution in [0.1, 0.15) is 83.8 Å². The van der Waals surface area contributed by atoms with Crippen molar-refractivity contribution in [2.24, 2.45) is 27.1 Å². The van der Waals surface area contributed by atoms with Gasteiger partial charge < -0.3 is 21.3 Å². The molecule has 2 aliphatic heterocycles.